The maximum absolute atomic E-state index is 15.2. The van der Waals surface area contributed by atoms with E-state index in [2.05, 4.69) is 4.98 Å². The first-order valence-electron chi connectivity index (χ1n) is 10.9. The molecule has 176 valence electrons. The van der Waals surface area contributed by atoms with Crippen LogP contribution in [0, 0.1) is 5.82 Å². The predicted octanol–water partition coefficient (Wildman–Crippen LogP) is 7.17. The number of hydrogen-bond donors (Lipinski definition) is 0. The van der Waals surface area contributed by atoms with E-state index in [4.69, 9.17) is 9.47 Å². The minimum atomic E-state index is -4.38. The van der Waals surface area contributed by atoms with Crippen LogP contribution in [0.2, 0.25) is 0 Å². The highest BCUT2D eigenvalue weighted by Crippen LogP contribution is 2.28. The number of halogens is 4. The van der Waals surface area contributed by atoms with E-state index in [0.717, 1.165) is 22.2 Å². The van der Waals surface area contributed by atoms with Crippen LogP contribution in [-0.2, 0) is 12.8 Å². The first kappa shape index (κ1) is 23.5. The second-order valence-electron chi connectivity index (χ2n) is 7.83. The van der Waals surface area contributed by atoms with Crippen LogP contribution in [0.4, 0.5) is 17.6 Å². The Morgan fingerprint density at radius 2 is 1.59 bits per heavy atom. The summed E-state index contributed by atoms with van der Waals surface area (Å²) < 4.78 is 62.1. The average molecular weight is 469 g/mol. The molecule has 4 rings (SSSR count). The highest BCUT2D eigenvalue weighted by atomic mass is 19.4. The first-order chi connectivity index (χ1) is 16.3. The molecule has 0 aliphatic rings. The van der Waals surface area contributed by atoms with Crippen molar-refractivity contribution in [2.24, 2.45) is 0 Å². The lowest BCUT2D eigenvalue weighted by Crippen LogP contribution is -2.19. The van der Waals surface area contributed by atoms with Crippen LogP contribution in [0.5, 0.6) is 11.5 Å². The van der Waals surface area contributed by atoms with Crippen LogP contribution in [0.25, 0.3) is 22.0 Å². The Kier molecular flexibility index (Phi) is 7.01. The maximum Gasteiger partial charge on any atom is 0.422 e. The van der Waals surface area contributed by atoms with Gasteiger partial charge in [0.15, 0.2) is 6.61 Å². The topological polar surface area (TPSA) is 31.4 Å². The van der Waals surface area contributed by atoms with Crippen LogP contribution < -0.4 is 9.47 Å². The zero-order chi connectivity index (χ0) is 24.1. The van der Waals surface area contributed by atoms with Gasteiger partial charge in [-0.3, -0.25) is 4.98 Å². The number of pyridine rings is 1. The average Bonchev–Trinajstić information content (AvgIpc) is 2.83. The summed E-state index contributed by atoms with van der Waals surface area (Å²) in [7, 11) is 0. The van der Waals surface area contributed by atoms with Crippen molar-refractivity contribution in [2.75, 3.05) is 13.2 Å². The van der Waals surface area contributed by atoms with Gasteiger partial charge in [0.05, 0.1) is 18.5 Å². The van der Waals surface area contributed by atoms with Gasteiger partial charge < -0.3 is 9.47 Å². The van der Waals surface area contributed by atoms with Gasteiger partial charge >= 0.3 is 6.18 Å². The highest BCUT2D eigenvalue weighted by Gasteiger charge is 2.28. The Bertz CT molecular complexity index is 1250. The van der Waals surface area contributed by atoms with E-state index in [1.54, 1.807) is 30.5 Å². The van der Waals surface area contributed by atoms with Gasteiger partial charge in [0, 0.05) is 10.9 Å². The second kappa shape index (κ2) is 10.1. The SMILES string of the molecule is CCOc1ccc(-c2ccc3c(F)c(CCc4ccc(OCC(F)(F)F)cc4)ccc3c2)nc1. The molecule has 0 bridgehead atoms. The molecule has 0 N–H and O–H groups in total. The normalized spacial score (nSPS) is 11.6. The number of aromatic nitrogens is 1. The number of rotatable bonds is 8. The molecule has 0 amide bonds. The van der Waals surface area contributed by atoms with Crippen molar-refractivity contribution in [1.82, 2.24) is 4.98 Å². The fraction of sp³-hybridized carbons (Fsp3) is 0.222. The lowest BCUT2D eigenvalue weighted by Gasteiger charge is -2.11. The molecule has 0 aliphatic carbocycles. The van der Waals surface area contributed by atoms with Gasteiger partial charge in [-0.05, 0) is 66.6 Å². The van der Waals surface area contributed by atoms with E-state index in [9.17, 15) is 13.2 Å². The summed E-state index contributed by atoms with van der Waals surface area (Å²) in [5.41, 5.74) is 3.13. The third-order valence-corrected chi connectivity index (χ3v) is 5.39. The van der Waals surface area contributed by atoms with Crippen LogP contribution in [-0.4, -0.2) is 24.4 Å². The molecular weight excluding hydrogens is 446 g/mol. The molecule has 7 heteroatoms. The summed E-state index contributed by atoms with van der Waals surface area (Å²) in [6.07, 6.45) is -1.69. The fourth-order valence-electron chi connectivity index (χ4n) is 3.69. The smallest absolute Gasteiger partial charge is 0.422 e. The number of ether oxygens (including phenoxy) is 2. The Labute approximate surface area is 195 Å². The lowest BCUT2D eigenvalue weighted by atomic mass is 9.98. The number of fused-ring (bicyclic) bond motifs is 1. The lowest BCUT2D eigenvalue weighted by molar-refractivity contribution is -0.153. The zero-order valence-electron chi connectivity index (χ0n) is 18.5. The molecule has 0 radical (unpaired) electrons. The van der Waals surface area contributed by atoms with Crippen LogP contribution in [0.15, 0.2) is 72.9 Å². The van der Waals surface area contributed by atoms with E-state index in [1.165, 1.54) is 12.1 Å². The molecule has 3 aromatic carbocycles. The summed E-state index contributed by atoms with van der Waals surface area (Å²) in [5, 5.41) is 1.31. The van der Waals surface area contributed by atoms with E-state index < -0.39 is 12.8 Å². The predicted molar refractivity (Wildman–Crippen MR) is 124 cm³/mol. The third kappa shape index (κ3) is 5.84. The third-order valence-electron chi connectivity index (χ3n) is 5.39. The number of alkyl halides is 3. The molecule has 1 heterocycles. The number of benzene rings is 3. The molecule has 0 unspecified atom stereocenters. The quantitative estimate of drug-likeness (QED) is 0.257. The first-order valence-corrected chi connectivity index (χ1v) is 10.9. The van der Waals surface area contributed by atoms with Gasteiger partial charge in [0.25, 0.3) is 0 Å². The standard InChI is InChI=1S/C27H23F4NO2/c1-2-33-23-12-14-25(32-16-23)21-9-13-24-20(15-21)8-7-19(26(24)28)6-3-18-4-10-22(11-5-18)34-17-27(29,30)31/h4-5,7-16H,2-3,6,17H2,1H3. The van der Waals surface area contributed by atoms with E-state index in [0.29, 0.717) is 36.1 Å². The Morgan fingerprint density at radius 3 is 2.26 bits per heavy atom. The monoisotopic (exact) mass is 469 g/mol. The minimum absolute atomic E-state index is 0.149. The zero-order valence-corrected chi connectivity index (χ0v) is 18.5. The van der Waals surface area contributed by atoms with Crippen LogP contribution in [0.3, 0.4) is 0 Å². The van der Waals surface area contributed by atoms with Crippen molar-refractivity contribution in [3.63, 3.8) is 0 Å². The van der Waals surface area contributed by atoms with Gasteiger partial charge in [0.1, 0.15) is 17.3 Å². The molecule has 0 aliphatic heterocycles. The molecular formula is C27H23F4NO2. The van der Waals surface area contributed by atoms with E-state index in [1.807, 2.05) is 37.3 Å². The molecule has 0 fully saturated rings. The van der Waals surface area contributed by atoms with Crippen molar-refractivity contribution < 1.29 is 27.0 Å². The molecule has 3 nitrogen and oxygen atoms in total. The molecule has 0 spiro atoms. The van der Waals surface area contributed by atoms with Gasteiger partial charge in [-0.15, -0.1) is 0 Å². The van der Waals surface area contributed by atoms with Crippen molar-refractivity contribution in [2.45, 2.75) is 25.9 Å². The molecule has 4 aromatic rings. The second-order valence-corrected chi connectivity index (χ2v) is 7.83. The van der Waals surface area contributed by atoms with Crippen molar-refractivity contribution >= 4 is 10.8 Å². The number of hydrogen-bond acceptors (Lipinski definition) is 3. The summed E-state index contributed by atoms with van der Waals surface area (Å²) in [5.74, 6) is 0.579. The van der Waals surface area contributed by atoms with E-state index >= 15 is 4.39 Å². The number of aryl methyl sites for hydroxylation is 2. The van der Waals surface area contributed by atoms with Gasteiger partial charge in [0.2, 0.25) is 0 Å². The summed E-state index contributed by atoms with van der Waals surface area (Å²) in [4.78, 5) is 4.42. The Balaban J connectivity index is 1.44. The van der Waals surface area contributed by atoms with Crippen LogP contribution >= 0.6 is 0 Å². The fourth-order valence-corrected chi connectivity index (χ4v) is 3.69. The summed E-state index contributed by atoms with van der Waals surface area (Å²) >= 11 is 0. The maximum atomic E-state index is 15.2. The van der Waals surface area contributed by atoms with Gasteiger partial charge in [-0.2, -0.15) is 13.2 Å². The molecule has 34 heavy (non-hydrogen) atoms. The van der Waals surface area contributed by atoms with Crippen molar-refractivity contribution in [3.8, 4) is 22.8 Å². The molecule has 0 atom stereocenters. The van der Waals surface area contributed by atoms with E-state index in [-0.39, 0.29) is 11.6 Å². The molecule has 0 saturated heterocycles. The largest absolute Gasteiger partial charge is 0.492 e. The van der Waals surface area contributed by atoms with Gasteiger partial charge in [-0.25, -0.2) is 4.39 Å². The van der Waals surface area contributed by atoms with Crippen molar-refractivity contribution in [3.05, 3.63) is 89.9 Å². The molecule has 0 saturated carbocycles. The highest BCUT2D eigenvalue weighted by molar-refractivity contribution is 5.88. The molecule has 1 aromatic heterocycles. The Hall–Kier alpha value is -3.61. The number of nitrogens with zero attached hydrogens (tertiary/aromatic N) is 1. The van der Waals surface area contributed by atoms with Crippen molar-refractivity contribution in [1.29, 1.82) is 0 Å². The summed E-state index contributed by atoms with van der Waals surface area (Å²) in [6, 6.07) is 19.3. The summed E-state index contributed by atoms with van der Waals surface area (Å²) in [6.45, 7) is 1.15. The Morgan fingerprint density at radius 1 is 0.824 bits per heavy atom. The van der Waals surface area contributed by atoms with Crippen LogP contribution in [0.1, 0.15) is 18.1 Å². The minimum Gasteiger partial charge on any atom is -0.492 e. The van der Waals surface area contributed by atoms with Gasteiger partial charge in [-0.1, -0.05) is 36.4 Å².